The number of aromatic nitrogens is 4. The van der Waals surface area contributed by atoms with E-state index in [4.69, 9.17) is 11.6 Å². The summed E-state index contributed by atoms with van der Waals surface area (Å²) in [7, 11) is 0. The van der Waals surface area contributed by atoms with Crippen LogP contribution in [0.25, 0.3) is 11.4 Å². The Bertz CT molecular complexity index is 568. The van der Waals surface area contributed by atoms with Gasteiger partial charge in [0, 0.05) is 12.7 Å². The van der Waals surface area contributed by atoms with E-state index in [0.29, 0.717) is 12.2 Å². The standard InChI is InChI=1S/C9H8ClN5O2/c1-2-14-6(3-4-12-14)8-7(15(16)17)5-11-9(10)13-8/h3-5H,2H2,1H3. The Morgan fingerprint density at radius 2 is 2.35 bits per heavy atom. The molecular formula is C9H8ClN5O2. The summed E-state index contributed by atoms with van der Waals surface area (Å²) < 4.78 is 1.60. The van der Waals surface area contributed by atoms with E-state index in [1.54, 1.807) is 16.9 Å². The number of hydrogen-bond donors (Lipinski definition) is 0. The molecule has 0 fully saturated rings. The van der Waals surface area contributed by atoms with E-state index in [2.05, 4.69) is 15.1 Å². The van der Waals surface area contributed by atoms with E-state index in [9.17, 15) is 10.1 Å². The van der Waals surface area contributed by atoms with Crippen LogP contribution in [-0.2, 0) is 6.54 Å². The van der Waals surface area contributed by atoms with Crippen LogP contribution in [-0.4, -0.2) is 24.7 Å². The van der Waals surface area contributed by atoms with E-state index >= 15 is 0 Å². The number of halogens is 1. The Labute approximate surface area is 101 Å². The highest BCUT2D eigenvalue weighted by Crippen LogP contribution is 2.27. The van der Waals surface area contributed by atoms with Crippen LogP contribution in [0.15, 0.2) is 18.5 Å². The maximum atomic E-state index is 10.9. The summed E-state index contributed by atoms with van der Waals surface area (Å²) in [6, 6.07) is 1.65. The van der Waals surface area contributed by atoms with Gasteiger partial charge in [0.25, 0.3) is 0 Å². The molecule has 0 aliphatic heterocycles. The number of rotatable bonds is 3. The third-order valence-electron chi connectivity index (χ3n) is 2.20. The Kier molecular flexibility index (Phi) is 3.01. The largest absolute Gasteiger partial charge is 0.315 e. The van der Waals surface area contributed by atoms with Gasteiger partial charge in [0.1, 0.15) is 6.20 Å². The highest BCUT2D eigenvalue weighted by molar-refractivity contribution is 6.28. The van der Waals surface area contributed by atoms with E-state index in [0.717, 1.165) is 6.20 Å². The fraction of sp³-hybridized carbons (Fsp3) is 0.222. The lowest BCUT2D eigenvalue weighted by Gasteiger charge is -2.04. The van der Waals surface area contributed by atoms with Gasteiger partial charge in [-0.1, -0.05) is 0 Å². The van der Waals surface area contributed by atoms with Gasteiger partial charge in [0.15, 0.2) is 5.69 Å². The normalized spacial score (nSPS) is 10.5. The first-order chi connectivity index (χ1) is 8.13. The second kappa shape index (κ2) is 4.46. The Hall–Kier alpha value is -2.02. The molecule has 2 heterocycles. The lowest BCUT2D eigenvalue weighted by Crippen LogP contribution is -2.03. The topological polar surface area (TPSA) is 86.7 Å². The van der Waals surface area contributed by atoms with Gasteiger partial charge in [0.2, 0.25) is 5.28 Å². The minimum atomic E-state index is -0.543. The Morgan fingerprint density at radius 1 is 1.59 bits per heavy atom. The molecule has 2 aromatic heterocycles. The highest BCUT2D eigenvalue weighted by Gasteiger charge is 2.21. The predicted molar refractivity (Wildman–Crippen MR) is 60.6 cm³/mol. The molecule has 0 aliphatic rings. The molecule has 7 nitrogen and oxygen atoms in total. The van der Waals surface area contributed by atoms with Gasteiger partial charge in [0.05, 0.1) is 10.6 Å². The van der Waals surface area contributed by atoms with Crippen molar-refractivity contribution in [1.82, 2.24) is 19.7 Å². The molecule has 2 aromatic rings. The van der Waals surface area contributed by atoms with Crippen LogP contribution in [0.3, 0.4) is 0 Å². The summed E-state index contributed by atoms with van der Waals surface area (Å²) in [5.41, 5.74) is 0.530. The monoisotopic (exact) mass is 253 g/mol. The fourth-order valence-electron chi connectivity index (χ4n) is 1.46. The zero-order valence-corrected chi connectivity index (χ0v) is 9.63. The summed E-state index contributed by atoms with van der Waals surface area (Å²) >= 11 is 5.66. The Balaban J connectivity index is 2.65. The SMILES string of the molecule is CCn1nccc1-c1nc(Cl)ncc1[N+](=O)[O-]. The lowest BCUT2D eigenvalue weighted by atomic mass is 10.2. The van der Waals surface area contributed by atoms with Crippen LogP contribution in [0, 0.1) is 10.1 Å². The smallest absolute Gasteiger partial charge is 0.263 e. The molecule has 0 radical (unpaired) electrons. The van der Waals surface area contributed by atoms with Crippen molar-refractivity contribution in [2.45, 2.75) is 13.5 Å². The third kappa shape index (κ3) is 2.09. The van der Waals surface area contributed by atoms with Crippen molar-refractivity contribution in [2.75, 3.05) is 0 Å². The molecule has 0 saturated carbocycles. The van der Waals surface area contributed by atoms with Gasteiger partial charge in [-0.2, -0.15) is 5.10 Å². The second-order valence-electron chi connectivity index (χ2n) is 3.16. The summed E-state index contributed by atoms with van der Waals surface area (Å²) in [6.07, 6.45) is 2.65. The molecule has 0 amide bonds. The molecule has 0 N–H and O–H groups in total. The van der Waals surface area contributed by atoms with Crippen LogP contribution in [0.4, 0.5) is 5.69 Å². The van der Waals surface area contributed by atoms with Gasteiger partial charge < -0.3 is 0 Å². The quantitative estimate of drug-likeness (QED) is 0.474. The van der Waals surface area contributed by atoms with E-state index in [-0.39, 0.29) is 16.7 Å². The van der Waals surface area contributed by atoms with E-state index < -0.39 is 4.92 Å². The van der Waals surface area contributed by atoms with Crippen molar-refractivity contribution in [3.8, 4) is 11.4 Å². The van der Waals surface area contributed by atoms with E-state index in [1.165, 1.54) is 0 Å². The number of nitrogens with zero attached hydrogens (tertiary/aromatic N) is 5. The Morgan fingerprint density at radius 3 is 3.00 bits per heavy atom. The molecule has 17 heavy (non-hydrogen) atoms. The number of aryl methyl sites for hydroxylation is 1. The number of nitro groups is 1. The molecule has 0 atom stereocenters. The van der Waals surface area contributed by atoms with Crippen molar-refractivity contribution in [3.05, 3.63) is 33.9 Å². The molecule has 8 heteroatoms. The molecule has 88 valence electrons. The van der Waals surface area contributed by atoms with Crippen molar-refractivity contribution in [3.63, 3.8) is 0 Å². The molecule has 0 saturated heterocycles. The van der Waals surface area contributed by atoms with Gasteiger partial charge in [-0.05, 0) is 24.6 Å². The first-order valence-electron chi connectivity index (χ1n) is 4.82. The molecular weight excluding hydrogens is 246 g/mol. The van der Waals surface area contributed by atoms with Crippen LogP contribution >= 0.6 is 11.6 Å². The predicted octanol–water partition coefficient (Wildman–Crippen LogP) is 1.92. The van der Waals surface area contributed by atoms with Crippen molar-refractivity contribution < 1.29 is 4.92 Å². The zero-order valence-electron chi connectivity index (χ0n) is 8.87. The molecule has 0 aromatic carbocycles. The van der Waals surface area contributed by atoms with Gasteiger partial charge in [-0.25, -0.2) is 9.97 Å². The number of hydrogen-bond acceptors (Lipinski definition) is 5. The van der Waals surface area contributed by atoms with Gasteiger partial charge in [-0.3, -0.25) is 14.8 Å². The molecule has 0 spiro atoms. The summed E-state index contributed by atoms with van der Waals surface area (Å²) in [5.74, 6) is 0. The highest BCUT2D eigenvalue weighted by atomic mass is 35.5. The molecule has 0 aliphatic carbocycles. The minimum absolute atomic E-state index is 0.0329. The van der Waals surface area contributed by atoms with Gasteiger partial charge in [-0.15, -0.1) is 0 Å². The van der Waals surface area contributed by atoms with Crippen molar-refractivity contribution >= 4 is 17.3 Å². The third-order valence-corrected chi connectivity index (χ3v) is 2.38. The first kappa shape index (κ1) is 11.5. The molecule has 0 bridgehead atoms. The zero-order chi connectivity index (χ0) is 12.4. The molecule has 2 rings (SSSR count). The summed E-state index contributed by atoms with van der Waals surface area (Å²) in [5, 5.41) is 14.9. The van der Waals surface area contributed by atoms with Crippen LogP contribution in [0.5, 0.6) is 0 Å². The maximum absolute atomic E-state index is 10.9. The van der Waals surface area contributed by atoms with E-state index in [1.807, 2.05) is 6.92 Å². The van der Waals surface area contributed by atoms with Crippen molar-refractivity contribution in [2.24, 2.45) is 0 Å². The minimum Gasteiger partial charge on any atom is -0.263 e. The van der Waals surface area contributed by atoms with Crippen LogP contribution in [0.2, 0.25) is 5.28 Å². The summed E-state index contributed by atoms with van der Waals surface area (Å²) in [4.78, 5) is 17.8. The maximum Gasteiger partial charge on any atom is 0.315 e. The first-order valence-corrected chi connectivity index (χ1v) is 5.20. The lowest BCUT2D eigenvalue weighted by molar-refractivity contribution is -0.384. The van der Waals surface area contributed by atoms with Crippen LogP contribution in [0.1, 0.15) is 6.92 Å². The average molecular weight is 254 g/mol. The van der Waals surface area contributed by atoms with Crippen molar-refractivity contribution in [1.29, 1.82) is 0 Å². The fourth-order valence-corrected chi connectivity index (χ4v) is 1.60. The second-order valence-corrected chi connectivity index (χ2v) is 3.50. The molecule has 0 unspecified atom stereocenters. The average Bonchev–Trinajstić information content (AvgIpc) is 2.76. The summed E-state index contributed by atoms with van der Waals surface area (Å²) in [6.45, 7) is 2.46. The van der Waals surface area contributed by atoms with Gasteiger partial charge >= 0.3 is 5.69 Å². The van der Waals surface area contributed by atoms with Crippen LogP contribution < -0.4 is 0 Å².